The number of rotatable bonds is 5. The predicted molar refractivity (Wildman–Crippen MR) is 94.9 cm³/mol. The van der Waals surface area contributed by atoms with Crippen molar-refractivity contribution in [1.29, 1.82) is 0 Å². The molecule has 1 fully saturated rings. The number of anilines is 1. The van der Waals surface area contributed by atoms with E-state index in [2.05, 4.69) is 15.3 Å². The van der Waals surface area contributed by atoms with E-state index in [1.165, 1.54) is 12.8 Å². The zero-order valence-electron chi connectivity index (χ0n) is 14.3. The summed E-state index contributed by atoms with van der Waals surface area (Å²) < 4.78 is 0. The van der Waals surface area contributed by atoms with Gasteiger partial charge in [-0.3, -0.25) is 4.79 Å². The molecule has 0 aliphatic heterocycles. The van der Waals surface area contributed by atoms with E-state index in [0.29, 0.717) is 24.2 Å². The van der Waals surface area contributed by atoms with Crippen LogP contribution in [-0.2, 0) is 6.54 Å². The van der Waals surface area contributed by atoms with Crippen molar-refractivity contribution in [2.24, 2.45) is 0 Å². The van der Waals surface area contributed by atoms with Gasteiger partial charge in [0.25, 0.3) is 5.91 Å². The van der Waals surface area contributed by atoms with E-state index < -0.39 is 0 Å². The number of carbonyl (C=O) groups is 1. The molecule has 1 aromatic heterocycles. The van der Waals surface area contributed by atoms with Crippen molar-refractivity contribution < 1.29 is 4.79 Å². The fraction of sp³-hybridized carbons (Fsp3) is 0.421. The van der Waals surface area contributed by atoms with Crippen LogP contribution in [0.3, 0.4) is 0 Å². The van der Waals surface area contributed by atoms with Gasteiger partial charge in [0.15, 0.2) is 0 Å². The molecule has 1 aromatic carbocycles. The molecule has 1 N–H and O–H groups in total. The first kappa shape index (κ1) is 16.4. The van der Waals surface area contributed by atoms with Crippen LogP contribution in [0.2, 0.25) is 0 Å². The Morgan fingerprint density at radius 1 is 1.21 bits per heavy atom. The molecule has 1 aliphatic carbocycles. The first-order valence-corrected chi connectivity index (χ1v) is 8.53. The largest absolute Gasteiger partial charge is 0.351 e. The number of nitrogens with one attached hydrogen (secondary N) is 1. The Kier molecular flexibility index (Phi) is 5.08. The van der Waals surface area contributed by atoms with Crippen LogP contribution in [0.15, 0.2) is 36.4 Å². The second-order valence-corrected chi connectivity index (χ2v) is 6.49. The van der Waals surface area contributed by atoms with Gasteiger partial charge < -0.3 is 10.2 Å². The summed E-state index contributed by atoms with van der Waals surface area (Å²) >= 11 is 0. The highest BCUT2D eigenvalue weighted by molar-refractivity contribution is 5.92. The quantitative estimate of drug-likeness (QED) is 0.915. The molecular formula is C19H24N4O. The Morgan fingerprint density at radius 2 is 1.92 bits per heavy atom. The number of aromatic nitrogens is 2. The van der Waals surface area contributed by atoms with Gasteiger partial charge in [0, 0.05) is 25.3 Å². The molecule has 0 spiro atoms. The maximum atomic E-state index is 12.7. The van der Waals surface area contributed by atoms with Crippen LogP contribution in [-0.4, -0.2) is 33.9 Å². The van der Waals surface area contributed by atoms with Gasteiger partial charge in [-0.2, -0.15) is 0 Å². The Morgan fingerprint density at radius 3 is 2.62 bits per heavy atom. The second kappa shape index (κ2) is 7.43. The number of hydrogen-bond donors (Lipinski definition) is 1. The summed E-state index contributed by atoms with van der Waals surface area (Å²) in [4.78, 5) is 23.3. The molecule has 5 nitrogen and oxygen atoms in total. The third-order valence-corrected chi connectivity index (χ3v) is 4.37. The molecule has 1 saturated carbocycles. The average molecular weight is 324 g/mol. The van der Waals surface area contributed by atoms with Gasteiger partial charge in [0.1, 0.15) is 5.69 Å². The maximum absolute atomic E-state index is 12.7. The van der Waals surface area contributed by atoms with Gasteiger partial charge in [0.05, 0.1) is 0 Å². The Bertz CT molecular complexity index is 696. The average Bonchev–Trinajstić information content (AvgIpc) is 3.07. The standard InChI is InChI=1S/C19H24N4O/c1-14-12-17(22-19(20-14)21-16-10-6-7-11-16)18(24)23(2)13-15-8-4-3-5-9-15/h3-5,8-9,12,16H,6-7,10-11,13H2,1-2H3,(H,20,21,22). The SMILES string of the molecule is Cc1cc(C(=O)N(C)Cc2ccccc2)nc(NC2CCCC2)n1. The fourth-order valence-corrected chi connectivity index (χ4v) is 3.12. The van der Waals surface area contributed by atoms with Gasteiger partial charge in [-0.15, -0.1) is 0 Å². The highest BCUT2D eigenvalue weighted by atomic mass is 16.2. The molecule has 0 unspecified atom stereocenters. The van der Waals surface area contributed by atoms with Crippen molar-refractivity contribution in [3.05, 3.63) is 53.3 Å². The van der Waals surface area contributed by atoms with Crippen molar-refractivity contribution in [1.82, 2.24) is 14.9 Å². The Hall–Kier alpha value is -2.43. The van der Waals surface area contributed by atoms with E-state index in [-0.39, 0.29) is 5.91 Å². The van der Waals surface area contributed by atoms with E-state index >= 15 is 0 Å². The van der Waals surface area contributed by atoms with E-state index in [1.54, 1.807) is 18.0 Å². The summed E-state index contributed by atoms with van der Waals surface area (Å²) in [6, 6.07) is 12.1. The van der Waals surface area contributed by atoms with Crippen molar-refractivity contribution in [2.75, 3.05) is 12.4 Å². The van der Waals surface area contributed by atoms with Crippen molar-refractivity contribution in [3.8, 4) is 0 Å². The molecule has 0 radical (unpaired) electrons. The summed E-state index contributed by atoms with van der Waals surface area (Å²) in [7, 11) is 1.80. The number of nitrogens with zero attached hydrogens (tertiary/aromatic N) is 3. The van der Waals surface area contributed by atoms with Crippen molar-refractivity contribution in [2.45, 2.75) is 45.2 Å². The van der Waals surface area contributed by atoms with E-state index in [4.69, 9.17) is 0 Å². The molecule has 1 aliphatic rings. The first-order valence-electron chi connectivity index (χ1n) is 8.53. The van der Waals surface area contributed by atoms with E-state index in [9.17, 15) is 4.79 Å². The van der Waals surface area contributed by atoms with Gasteiger partial charge in [0.2, 0.25) is 5.95 Å². The highest BCUT2D eigenvalue weighted by Gasteiger charge is 2.19. The lowest BCUT2D eigenvalue weighted by atomic mass is 10.2. The topological polar surface area (TPSA) is 58.1 Å². The summed E-state index contributed by atoms with van der Waals surface area (Å²) in [6.45, 7) is 2.46. The summed E-state index contributed by atoms with van der Waals surface area (Å²) in [5, 5.41) is 3.37. The predicted octanol–water partition coefficient (Wildman–Crippen LogP) is 3.41. The lowest BCUT2D eigenvalue weighted by molar-refractivity contribution is 0.0779. The minimum absolute atomic E-state index is 0.0844. The second-order valence-electron chi connectivity index (χ2n) is 6.49. The minimum Gasteiger partial charge on any atom is -0.351 e. The molecular weight excluding hydrogens is 300 g/mol. The molecule has 24 heavy (non-hydrogen) atoms. The van der Waals surface area contributed by atoms with Crippen LogP contribution < -0.4 is 5.32 Å². The monoisotopic (exact) mass is 324 g/mol. The molecule has 3 rings (SSSR count). The maximum Gasteiger partial charge on any atom is 0.272 e. The first-order chi connectivity index (χ1) is 11.6. The minimum atomic E-state index is -0.0844. The molecule has 1 heterocycles. The molecule has 1 amide bonds. The van der Waals surface area contributed by atoms with E-state index in [0.717, 1.165) is 24.1 Å². The molecule has 126 valence electrons. The lowest BCUT2D eigenvalue weighted by Gasteiger charge is -2.18. The highest BCUT2D eigenvalue weighted by Crippen LogP contribution is 2.21. The van der Waals surface area contributed by atoms with Crippen molar-refractivity contribution in [3.63, 3.8) is 0 Å². The zero-order valence-corrected chi connectivity index (χ0v) is 14.3. The summed E-state index contributed by atoms with van der Waals surface area (Å²) in [6.07, 6.45) is 4.78. The van der Waals surface area contributed by atoms with Crippen LogP contribution in [0.4, 0.5) is 5.95 Å². The number of carbonyl (C=O) groups excluding carboxylic acids is 1. The third kappa shape index (κ3) is 4.10. The smallest absolute Gasteiger partial charge is 0.272 e. The van der Waals surface area contributed by atoms with Crippen LogP contribution in [0.25, 0.3) is 0 Å². The molecule has 5 heteroatoms. The van der Waals surface area contributed by atoms with E-state index in [1.807, 2.05) is 37.3 Å². The molecule has 0 saturated heterocycles. The van der Waals surface area contributed by atoms with Crippen LogP contribution in [0.5, 0.6) is 0 Å². The Labute approximate surface area is 143 Å². The molecule has 0 bridgehead atoms. The summed E-state index contributed by atoms with van der Waals surface area (Å²) in [5.74, 6) is 0.484. The number of hydrogen-bond acceptors (Lipinski definition) is 4. The lowest BCUT2D eigenvalue weighted by Crippen LogP contribution is -2.28. The van der Waals surface area contributed by atoms with Gasteiger partial charge in [-0.25, -0.2) is 9.97 Å². The molecule has 2 aromatic rings. The number of benzene rings is 1. The summed E-state index contributed by atoms with van der Waals surface area (Å²) in [5.41, 5.74) is 2.35. The van der Waals surface area contributed by atoms with Crippen LogP contribution >= 0.6 is 0 Å². The number of aryl methyl sites for hydroxylation is 1. The van der Waals surface area contributed by atoms with Gasteiger partial charge in [-0.1, -0.05) is 43.2 Å². The zero-order chi connectivity index (χ0) is 16.9. The number of amides is 1. The fourth-order valence-electron chi connectivity index (χ4n) is 3.12. The normalized spacial score (nSPS) is 14.6. The van der Waals surface area contributed by atoms with Gasteiger partial charge in [-0.05, 0) is 31.4 Å². The third-order valence-electron chi connectivity index (χ3n) is 4.37. The molecule has 0 atom stereocenters. The van der Waals surface area contributed by atoms with Gasteiger partial charge >= 0.3 is 0 Å². The van der Waals surface area contributed by atoms with Crippen LogP contribution in [0, 0.1) is 6.92 Å². The Balaban J connectivity index is 1.72. The van der Waals surface area contributed by atoms with Crippen molar-refractivity contribution >= 4 is 11.9 Å². The van der Waals surface area contributed by atoms with Crippen LogP contribution in [0.1, 0.15) is 47.4 Å².